The van der Waals surface area contributed by atoms with Gasteiger partial charge in [0.15, 0.2) is 17.3 Å². The molecule has 4 rings (SSSR count). The van der Waals surface area contributed by atoms with E-state index < -0.39 is 23.5 Å². The number of carbonyl (C=O) groups is 2. The number of hydrogen-bond donors (Lipinski definition) is 1. The maximum absolute atomic E-state index is 14.0. The lowest BCUT2D eigenvalue weighted by molar-refractivity contribution is -0.129. The van der Waals surface area contributed by atoms with Crippen LogP contribution in [0.4, 0.5) is 0 Å². The zero-order chi connectivity index (χ0) is 27.4. The molecule has 0 spiro atoms. The molecule has 1 N–H and O–H groups in total. The summed E-state index contributed by atoms with van der Waals surface area (Å²) in [7, 11) is 5.46. The first-order chi connectivity index (χ1) is 18.3. The minimum Gasteiger partial charge on any atom is -0.503 e. The van der Waals surface area contributed by atoms with Crippen molar-refractivity contribution in [3.63, 3.8) is 0 Å². The molecule has 2 aromatic carbocycles. The number of Topliss-reactive ketones (excluding diaryl/α,β-unsaturated/α-hetero) is 1. The molecule has 1 aromatic heterocycles. The Balaban J connectivity index is 1.77. The molecule has 1 atom stereocenters. The molecule has 3 aromatic rings. The zero-order valence-electron chi connectivity index (χ0n) is 22.4. The highest BCUT2D eigenvalue weighted by molar-refractivity contribution is 7.17. The summed E-state index contributed by atoms with van der Waals surface area (Å²) >= 11 is 1.26. The number of hydrogen-bond acceptors (Lipinski definition) is 8. The number of aliphatic hydroxyl groups is 1. The van der Waals surface area contributed by atoms with E-state index in [1.165, 1.54) is 11.3 Å². The van der Waals surface area contributed by atoms with Gasteiger partial charge in [-0.3, -0.25) is 9.59 Å². The van der Waals surface area contributed by atoms with Gasteiger partial charge in [0.25, 0.3) is 5.91 Å². The van der Waals surface area contributed by atoms with Crippen LogP contribution in [0.15, 0.2) is 59.9 Å². The number of ether oxygens (including phenoxy) is 2. The number of amides is 1. The number of carbonyl (C=O) groups excluding carboxylic acids is 2. The van der Waals surface area contributed by atoms with Crippen molar-refractivity contribution < 1.29 is 24.2 Å². The monoisotopic (exact) mass is 535 g/mol. The average molecular weight is 536 g/mol. The van der Waals surface area contributed by atoms with Crippen LogP contribution in [0.5, 0.6) is 11.5 Å². The second-order valence-electron chi connectivity index (χ2n) is 9.29. The Morgan fingerprint density at radius 3 is 2.55 bits per heavy atom. The van der Waals surface area contributed by atoms with Gasteiger partial charge >= 0.3 is 0 Å². The van der Waals surface area contributed by atoms with Gasteiger partial charge in [0, 0.05) is 12.1 Å². The van der Waals surface area contributed by atoms with Gasteiger partial charge in [-0.1, -0.05) is 36.4 Å². The van der Waals surface area contributed by atoms with Crippen LogP contribution >= 0.6 is 11.3 Å². The van der Waals surface area contributed by atoms with Gasteiger partial charge in [-0.2, -0.15) is 0 Å². The molecule has 1 aliphatic heterocycles. The predicted molar refractivity (Wildman–Crippen MR) is 148 cm³/mol. The van der Waals surface area contributed by atoms with E-state index >= 15 is 0 Å². The summed E-state index contributed by atoms with van der Waals surface area (Å²) < 4.78 is 11.2. The number of rotatable bonds is 11. The highest BCUT2D eigenvalue weighted by Crippen LogP contribution is 2.43. The number of ketones is 1. The molecule has 38 heavy (non-hydrogen) atoms. The predicted octanol–water partition coefficient (Wildman–Crippen LogP) is 5.06. The first kappa shape index (κ1) is 27.3. The first-order valence-corrected chi connectivity index (χ1v) is 13.4. The quantitative estimate of drug-likeness (QED) is 0.343. The topological polar surface area (TPSA) is 92.2 Å². The number of aromatic nitrogens is 1. The minimum atomic E-state index is -0.775. The van der Waals surface area contributed by atoms with Gasteiger partial charge in [-0.25, -0.2) is 4.98 Å². The summed E-state index contributed by atoms with van der Waals surface area (Å²) in [5, 5.41) is 11.8. The Morgan fingerprint density at radius 1 is 1.16 bits per heavy atom. The average Bonchev–Trinajstić information content (AvgIpc) is 3.42. The lowest BCUT2D eigenvalue weighted by atomic mass is 9.94. The van der Waals surface area contributed by atoms with E-state index in [4.69, 9.17) is 9.47 Å². The summed E-state index contributed by atoms with van der Waals surface area (Å²) in [6, 6.07) is 14.2. The molecule has 0 bridgehead atoms. The van der Waals surface area contributed by atoms with Crippen molar-refractivity contribution in [1.29, 1.82) is 0 Å². The van der Waals surface area contributed by atoms with Gasteiger partial charge < -0.3 is 24.4 Å². The van der Waals surface area contributed by atoms with Crippen LogP contribution in [0.3, 0.4) is 0 Å². The van der Waals surface area contributed by atoms with E-state index in [2.05, 4.69) is 4.98 Å². The van der Waals surface area contributed by atoms with Crippen LogP contribution in [0, 0.1) is 6.92 Å². The van der Waals surface area contributed by atoms with Crippen molar-refractivity contribution in [3.05, 3.63) is 76.0 Å². The number of aryl methyl sites for hydroxylation is 1. The molecule has 0 radical (unpaired) electrons. The molecule has 0 saturated carbocycles. The Labute approximate surface area is 227 Å². The summed E-state index contributed by atoms with van der Waals surface area (Å²) in [6.45, 7) is 5.24. The Kier molecular flexibility index (Phi) is 8.48. The molecule has 1 aliphatic rings. The fourth-order valence-corrected chi connectivity index (χ4v) is 5.61. The minimum absolute atomic E-state index is 0.0532. The second-order valence-corrected chi connectivity index (χ2v) is 10.3. The molecule has 0 fully saturated rings. The van der Waals surface area contributed by atoms with Crippen molar-refractivity contribution in [2.24, 2.45) is 0 Å². The van der Waals surface area contributed by atoms with E-state index in [-0.39, 0.29) is 5.57 Å². The highest BCUT2D eigenvalue weighted by Gasteiger charge is 2.44. The summed E-state index contributed by atoms with van der Waals surface area (Å²) in [5.74, 6) is -0.430. The van der Waals surface area contributed by atoms with Crippen LogP contribution in [0.2, 0.25) is 0 Å². The summed E-state index contributed by atoms with van der Waals surface area (Å²) in [4.78, 5) is 36.0. The molecule has 1 unspecified atom stereocenters. The van der Waals surface area contributed by atoms with E-state index in [1.54, 1.807) is 31.1 Å². The van der Waals surface area contributed by atoms with Gasteiger partial charge in [0.2, 0.25) is 5.78 Å². The normalized spacial score (nSPS) is 15.5. The third-order valence-corrected chi connectivity index (χ3v) is 7.58. The maximum atomic E-state index is 14.0. The van der Waals surface area contributed by atoms with E-state index in [0.717, 1.165) is 12.1 Å². The molecular weight excluding hydrogens is 502 g/mol. The lowest BCUT2D eigenvalue weighted by Crippen LogP contribution is -2.33. The third-order valence-electron chi connectivity index (χ3n) is 6.38. The summed E-state index contributed by atoms with van der Waals surface area (Å²) in [5.41, 5.74) is 2.16. The molecule has 1 amide bonds. The SMILES string of the molecule is CCOc1ccc(C2C(C(=O)c3sc(-c4ccccc4)nc3C)=C(O)C(=O)N2CCCN(C)C)cc1OC. The molecule has 0 aliphatic carbocycles. The van der Waals surface area contributed by atoms with E-state index in [0.29, 0.717) is 52.2 Å². The molecule has 8 nitrogen and oxygen atoms in total. The van der Waals surface area contributed by atoms with Crippen LogP contribution in [-0.2, 0) is 4.79 Å². The Morgan fingerprint density at radius 2 is 1.89 bits per heavy atom. The number of methoxy groups -OCH3 is 1. The number of benzene rings is 2. The largest absolute Gasteiger partial charge is 0.503 e. The van der Waals surface area contributed by atoms with Crippen molar-refractivity contribution in [1.82, 2.24) is 14.8 Å². The zero-order valence-corrected chi connectivity index (χ0v) is 23.2. The fraction of sp³-hybridized carbons (Fsp3) is 0.345. The van der Waals surface area contributed by atoms with Crippen LogP contribution in [-0.4, -0.2) is 72.5 Å². The number of nitrogens with zero attached hydrogens (tertiary/aromatic N) is 3. The molecule has 0 saturated heterocycles. The first-order valence-electron chi connectivity index (χ1n) is 12.5. The van der Waals surface area contributed by atoms with E-state index in [9.17, 15) is 14.7 Å². The number of aliphatic hydroxyl groups excluding tert-OH is 1. The molecule has 9 heteroatoms. The lowest BCUT2D eigenvalue weighted by Gasteiger charge is -2.28. The fourth-order valence-electron chi connectivity index (χ4n) is 4.58. The van der Waals surface area contributed by atoms with Crippen molar-refractivity contribution in [2.45, 2.75) is 26.3 Å². The molecular formula is C29H33N3O5S. The van der Waals surface area contributed by atoms with Gasteiger partial charge in [-0.05, 0) is 58.6 Å². The third kappa shape index (κ3) is 5.44. The number of thiazole rings is 1. The summed E-state index contributed by atoms with van der Waals surface area (Å²) in [6.07, 6.45) is 0.676. The van der Waals surface area contributed by atoms with Crippen molar-refractivity contribution in [3.8, 4) is 22.1 Å². The van der Waals surface area contributed by atoms with Crippen LogP contribution in [0.25, 0.3) is 10.6 Å². The maximum Gasteiger partial charge on any atom is 0.290 e. The highest BCUT2D eigenvalue weighted by atomic mass is 32.1. The molecule has 200 valence electrons. The van der Waals surface area contributed by atoms with Crippen LogP contribution < -0.4 is 9.47 Å². The van der Waals surface area contributed by atoms with Crippen molar-refractivity contribution >= 4 is 23.0 Å². The Hall–Kier alpha value is -3.69. The van der Waals surface area contributed by atoms with Gasteiger partial charge in [0.05, 0.1) is 35.9 Å². The second kappa shape index (κ2) is 11.8. The van der Waals surface area contributed by atoms with Crippen molar-refractivity contribution in [2.75, 3.05) is 40.9 Å². The smallest absolute Gasteiger partial charge is 0.290 e. The van der Waals surface area contributed by atoms with Crippen LogP contribution in [0.1, 0.15) is 40.3 Å². The Bertz CT molecular complexity index is 1350. The van der Waals surface area contributed by atoms with E-state index in [1.807, 2.05) is 62.3 Å². The van der Waals surface area contributed by atoms with Gasteiger partial charge in [-0.15, -0.1) is 11.3 Å². The molecule has 2 heterocycles. The van der Waals surface area contributed by atoms with Gasteiger partial charge in [0.1, 0.15) is 5.01 Å². The standard InChI is InChI=1S/C29H33N3O5S/c1-6-37-21-14-13-20(17-22(21)36-5)24-23(26(34)29(35)32(24)16-10-15-31(3)4)25(33)27-18(2)30-28(38-27)19-11-8-7-9-12-19/h7-9,11-14,17,24,34H,6,10,15-16H2,1-5H3.